The van der Waals surface area contributed by atoms with E-state index >= 15 is 0 Å². The Bertz CT molecular complexity index is 1230. The number of oxazole rings is 1. The number of Topliss-reactive ketones (excluding diaryl/α,β-unsaturated/α-hetero) is 1. The van der Waals surface area contributed by atoms with Gasteiger partial charge in [0.2, 0.25) is 5.78 Å². The minimum absolute atomic E-state index is 0.0286. The van der Waals surface area contributed by atoms with Crippen LogP contribution in [0.3, 0.4) is 0 Å². The normalized spacial score (nSPS) is 22.0. The molecule has 1 saturated heterocycles. The molecular weight excluding hydrogens is 470 g/mol. The van der Waals surface area contributed by atoms with Gasteiger partial charge in [-0.2, -0.15) is 0 Å². The predicted octanol–water partition coefficient (Wildman–Crippen LogP) is 5.03. The van der Waals surface area contributed by atoms with Gasteiger partial charge in [0.15, 0.2) is 18.2 Å². The second-order valence-electron chi connectivity index (χ2n) is 10.1. The monoisotopic (exact) mass is 505 g/mol. The lowest BCUT2D eigenvalue weighted by molar-refractivity contribution is -0.159. The van der Waals surface area contributed by atoms with Crippen molar-refractivity contribution in [1.82, 2.24) is 9.88 Å². The zero-order valence-electron chi connectivity index (χ0n) is 21.5. The Hall–Kier alpha value is -3.23. The highest BCUT2D eigenvalue weighted by Crippen LogP contribution is 2.32. The molecule has 0 radical (unpaired) electrons. The molecule has 8 heteroatoms. The van der Waals surface area contributed by atoms with Crippen LogP contribution in [0.15, 0.2) is 53.3 Å². The SMILES string of the molecule is COC(=O)C1CCC(OC(C(=O)C(Nc2ccccc2C)c2ccc3ncoc3c2)N2CCCC2)CC1. The van der Waals surface area contributed by atoms with Crippen molar-refractivity contribution in [2.24, 2.45) is 5.92 Å². The maximum Gasteiger partial charge on any atom is 0.308 e. The molecule has 3 aromatic rings. The molecule has 1 saturated carbocycles. The van der Waals surface area contributed by atoms with E-state index in [2.05, 4.69) is 15.2 Å². The number of nitrogens with one attached hydrogen (secondary N) is 1. The Kier molecular flexibility index (Phi) is 7.86. The van der Waals surface area contributed by atoms with Gasteiger partial charge in [-0.3, -0.25) is 14.5 Å². The summed E-state index contributed by atoms with van der Waals surface area (Å²) in [4.78, 5) is 32.7. The van der Waals surface area contributed by atoms with E-state index < -0.39 is 12.3 Å². The maximum absolute atomic E-state index is 14.4. The molecule has 2 fully saturated rings. The molecular formula is C29H35N3O5. The van der Waals surface area contributed by atoms with Crippen LogP contribution in [-0.4, -0.2) is 54.2 Å². The van der Waals surface area contributed by atoms with Crippen LogP contribution in [0.4, 0.5) is 5.69 Å². The molecule has 1 N–H and O–H groups in total. The van der Waals surface area contributed by atoms with Crippen LogP contribution >= 0.6 is 0 Å². The zero-order valence-corrected chi connectivity index (χ0v) is 21.5. The van der Waals surface area contributed by atoms with Crippen LogP contribution in [0.25, 0.3) is 11.1 Å². The Morgan fingerprint density at radius 3 is 2.57 bits per heavy atom. The highest BCUT2D eigenvalue weighted by Gasteiger charge is 2.38. The van der Waals surface area contributed by atoms with E-state index in [0.29, 0.717) is 18.4 Å². The number of nitrogens with zero attached hydrogens (tertiary/aromatic N) is 2. The number of hydrogen-bond acceptors (Lipinski definition) is 8. The Morgan fingerprint density at radius 2 is 1.84 bits per heavy atom. The summed E-state index contributed by atoms with van der Waals surface area (Å²) in [6.45, 7) is 3.68. The number of para-hydroxylation sites is 1. The number of anilines is 1. The minimum Gasteiger partial charge on any atom is -0.469 e. The Morgan fingerprint density at radius 1 is 1.08 bits per heavy atom. The molecule has 37 heavy (non-hydrogen) atoms. The predicted molar refractivity (Wildman–Crippen MR) is 140 cm³/mol. The quantitative estimate of drug-likeness (QED) is 0.405. The van der Waals surface area contributed by atoms with Gasteiger partial charge in [-0.15, -0.1) is 0 Å². The third-order valence-corrected chi connectivity index (χ3v) is 7.66. The number of aryl methyl sites for hydroxylation is 1. The third kappa shape index (κ3) is 5.70. The van der Waals surface area contributed by atoms with Gasteiger partial charge in [-0.05, 0) is 74.8 Å². The minimum atomic E-state index is -0.672. The molecule has 8 nitrogen and oxygen atoms in total. The van der Waals surface area contributed by atoms with Crippen molar-refractivity contribution in [3.63, 3.8) is 0 Å². The van der Waals surface area contributed by atoms with Crippen molar-refractivity contribution >= 4 is 28.5 Å². The van der Waals surface area contributed by atoms with Gasteiger partial charge in [-0.1, -0.05) is 24.3 Å². The number of hydrogen-bond donors (Lipinski definition) is 1. The Labute approximate surface area is 217 Å². The van der Waals surface area contributed by atoms with E-state index in [0.717, 1.165) is 61.1 Å². The molecule has 2 unspecified atom stereocenters. The second kappa shape index (κ2) is 11.4. The van der Waals surface area contributed by atoms with Gasteiger partial charge in [-0.25, -0.2) is 4.98 Å². The fourth-order valence-electron chi connectivity index (χ4n) is 5.50. The van der Waals surface area contributed by atoms with E-state index in [1.165, 1.54) is 13.5 Å². The van der Waals surface area contributed by atoms with Crippen molar-refractivity contribution in [1.29, 1.82) is 0 Å². The van der Waals surface area contributed by atoms with Gasteiger partial charge >= 0.3 is 5.97 Å². The average molecular weight is 506 g/mol. The molecule has 2 atom stereocenters. The number of ketones is 1. The fraction of sp³-hybridized carbons (Fsp3) is 0.483. The van der Waals surface area contributed by atoms with E-state index in [4.69, 9.17) is 13.9 Å². The first-order valence-electron chi connectivity index (χ1n) is 13.2. The molecule has 1 aliphatic heterocycles. The molecule has 1 aliphatic carbocycles. The summed E-state index contributed by atoms with van der Waals surface area (Å²) in [6, 6.07) is 13.0. The number of aromatic nitrogens is 1. The van der Waals surface area contributed by atoms with E-state index in [1.54, 1.807) is 0 Å². The van der Waals surface area contributed by atoms with Gasteiger partial charge < -0.3 is 19.2 Å². The lowest BCUT2D eigenvalue weighted by Gasteiger charge is -2.35. The lowest BCUT2D eigenvalue weighted by atomic mass is 9.87. The van der Waals surface area contributed by atoms with Gasteiger partial charge in [0, 0.05) is 18.8 Å². The fourth-order valence-corrected chi connectivity index (χ4v) is 5.50. The van der Waals surface area contributed by atoms with Crippen LogP contribution < -0.4 is 5.32 Å². The number of likely N-dealkylation sites (tertiary alicyclic amines) is 1. The van der Waals surface area contributed by atoms with Crippen molar-refractivity contribution in [2.75, 3.05) is 25.5 Å². The number of benzene rings is 2. The topological polar surface area (TPSA) is 93.9 Å². The molecule has 2 heterocycles. The lowest BCUT2D eigenvalue weighted by Crippen LogP contribution is -2.47. The van der Waals surface area contributed by atoms with Crippen molar-refractivity contribution in [2.45, 2.75) is 63.8 Å². The van der Waals surface area contributed by atoms with Crippen molar-refractivity contribution < 1.29 is 23.5 Å². The summed E-state index contributed by atoms with van der Waals surface area (Å²) in [5.74, 6) is -0.273. The van der Waals surface area contributed by atoms with Crippen molar-refractivity contribution in [3.8, 4) is 0 Å². The Balaban J connectivity index is 1.42. The van der Waals surface area contributed by atoms with Crippen molar-refractivity contribution in [3.05, 3.63) is 60.0 Å². The molecule has 2 aromatic carbocycles. The summed E-state index contributed by atoms with van der Waals surface area (Å²) >= 11 is 0. The standard InChI is InChI=1S/C29H35N3O5/c1-19-7-3-4-8-23(19)31-26(21-11-14-24-25(17-21)36-18-30-24)27(33)28(32-15-5-6-16-32)37-22-12-9-20(10-13-22)29(34)35-2/h3-4,7-8,11,14,17-18,20,22,26,28,31H,5-6,9-10,12-13,15-16H2,1-2H3. The first kappa shape index (κ1) is 25.4. The van der Waals surface area contributed by atoms with Gasteiger partial charge in [0.1, 0.15) is 11.6 Å². The van der Waals surface area contributed by atoms with E-state index in [-0.39, 0.29) is 23.8 Å². The van der Waals surface area contributed by atoms with Crippen LogP contribution in [0, 0.1) is 12.8 Å². The zero-order chi connectivity index (χ0) is 25.8. The van der Waals surface area contributed by atoms with Crippen LogP contribution in [0.1, 0.15) is 55.7 Å². The summed E-state index contributed by atoms with van der Waals surface area (Å²) < 4.78 is 17.1. The molecule has 2 aliphatic rings. The number of rotatable bonds is 9. The number of ether oxygens (including phenoxy) is 2. The smallest absolute Gasteiger partial charge is 0.308 e. The molecule has 196 valence electrons. The van der Waals surface area contributed by atoms with Crippen LogP contribution in [-0.2, 0) is 19.1 Å². The maximum atomic E-state index is 14.4. The number of carbonyl (C=O) groups is 2. The average Bonchev–Trinajstić information content (AvgIpc) is 3.63. The van der Waals surface area contributed by atoms with E-state index in [1.807, 2.05) is 49.4 Å². The number of fused-ring (bicyclic) bond motifs is 1. The first-order valence-corrected chi connectivity index (χ1v) is 13.2. The summed E-state index contributed by atoms with van der Waals surface area (Å²) in [7, 11) is 1.44. The van der Waals surface area contributed by atoms with Crippen LogP contribution in [0.5, 0.6) is 0 Å². The summed E-state index contributed by atoms with van der Waals surface area (Å²) in [5.41, 5.74) is 4.15. The van der Waals surface area contributed by atoms with Crippen LogP contribution in [0.2, 0.25) is 0 Å². The number of methoxy groups -OCH3 is 1. The molecule has 5 rings (SSSR count). The highest BCUT2D eigenvalue weighted by molar-refractivity contribution is 5.92. The molecule has 0 spiro atoms. The third-order valence-electron chi connectivity index (χ3n) is 7.66. The molecule has 1 aromatic heterocycles. The first-order chi connectivity index (χ1) is 18.0. The molecule has 0 amide bonds. The largest absolute Gasteiger partial charge is 0.469 e. The van der Waals surface area contributed by atoms with Gasteiger partial charge in [0.25, 0.3) is 0 Å². The van der Waals surface area contributed by atoms with Gasteiger partial charge in [0.05, 0.1) is 19.1 Å². The van der Waals surface area contributed by atoms with E-state index in [9.17, 15) is 9.59 Å². The molecule has 0 bridgehead atoms. The second-order valence-corrected chi connectivity index (χ2v) is 10.1. The summed E-state index contributed by atoms with van der Waals surface area (Å²) in [5, 5.41) is 3.51. The highest BCUT2D eigenvalue weighted by atomic mass is 16.5. The summed E-state index contributed by atoms with van der Waals surface area (Å²) in [6.07, 6.45) is 5.65. The number of carbonyl (C=O) groups excluding carboxylic acids is 2. The number of esters is 1.